The number of ether oxygens (including phenoxy) is 1. The fourth-order valence-electron chi connectivity index (χ4n) is 0.708. The van der Waals surface area contributed by atoms with Gasteiger partial charge < -0.3 is 20.9 Å². The molecule has 0 spiro atoms. The van der Waals surface area contributed by atoms with Crippen LogP contribution in [-0.2, 0) is 9.53 Å². The molecule has 0 saturated heterocycles. The van der Waals surface area contributed by atoms with E-state index >= 15 is 0 Å². The summed E-state index contributed by atoms with van der Waals surface area (Å²) in [7, 11) is 0. The van der Waals surface area contributed by atoms with E-state index < -0.39 is 12.1 Å². The van der Waals surface area contributed by atoms with E-state index in [2.05, 4.69) is 5.32 Å². The minimum atomic E-state index is -1.00. The first-order valence-electron chi connectivity index (χ1n) is 3.89. The van der Waals surface area contributed by atoms with E-state index in [1.54, 1.807) is 6.92 Å². The Kier molecular flexibility index (Phi) is 4.83. The predicted octanol–water partition coefficient (Wildman–Crippen LogP) is -0.652. The summed E-state index contributed by atoms with van der Waals surface area (Å²) in [4.78, 5) is 10.4. The molecule has 6 heteroatoms. The van der Waals surface area contributed by atoms with Crippen molar-refractivity contribution in [2.24, 2.45) is 5.73 Å². The second-order valence-corrected chi connectivity index (χ2v) is 2.72. The Balaban J connectivity index is 3.67. The summed E-state index contributed by atoms with van der Waals surface area (Å²) in [6.45, 7) is 3.48. The maximum Gasteiger partial charge on any atom is 0.332 e. The van der Waals surface area contributed by atoms with Crippen molar-refractivity contribution in [1.29, 1.82) is 5.41 Å². The van der Waals surface area contributed by atoms with Crippen molar-refractivity contribution in [3.63, 3.8) is 0 Å². The largest absolute Gasteiger partial charge is 0.479 e. The summed E-state index contributed by atoms with van der Waals surface area (Å²) in [5.74, 6) is -1.16. The first-order valence-corrected chi connectivity index (χ1v) is 3.89. The van der Waals surface area contributed by atoms with E-state index in [0.717, 1.165) is 0 Å². The summed E-state index contributed by atoms with van der Waals surface area (Å²) < 4.78 is 5.05. The van der Waals surface area contributed by atoms with Crippen molar-refractivity contribution in [1.82, 2.24) is 5.32 Å². The minimum Gasteiger partial charge on any atom is -0.479 e. The molecule has 0 aromatic heterocycles. The van der Waals surface area contributed by atoms with Gasteiger partial charge in [0.2, 0.25) is 0 Å². The van der Waals surface area contributed by atoms with E-state index in [0.29, 0.717) is 6.54 Å². The number of carboxylic acid groups (broad SMARTS) is 1. The SMILES string of the molecule is CC(CNC(=N)N)OC(C)C(=O)O. The van der Waals surface area contributed by atoms with Crippen molar-refractivity contribution in [3.8, 4) is 0 Å². The van der Waals surface area contributed by atoms with Crippen molar-refractivity contribution in [2.45, 2.75) is 26.1 Å². The van der Waals surface area contributed by atoms with Crippen molar-refractivity contribution < 1.29 is 14.6 Å². The highest BCUT2D eigenvalue weighted by atomic mass is 16.5. The van der Waals surface area contributed by atoms with Crippen LogP contribution in [0.25, 0.3) is 0 Å². The lowest BCUT2D eigenvalue weighted by atomic mass is 10.3. The van der Waals surface area contributed by atoms with Gasteiger partial charge in [0.1, 0.15) is 0 Å². The third kappa shape index (κ3) is 5.92. The first-order chi connectivity index (χ1) is 5.93. The average molecular weight is 189 g/mol. The van der Waals surface area contributed by atoms with Crippen LogP contribution in [0.4, 0.5) is 0 Å². The number of guanidine groups is 1. The fourth-order valence-corrected chi connectivity index (χ4v) is 0.708. The van der Waals surface area contributed by atoms with Crippen LogP contribution in [0, 0.1) is 5.41 Å². The van der Waals surface area contributed by atoms with Crippen LogP contribution in [0.3, 0.4) is 0 Å². The number of nitrogens with one attached hydrogen (secondary N) is 2. The van der Waals surface area contributed by atoms with Gasteiger partial charge in [0.15, 0.2) is 12.1 Å². The number of carbonyl (C=O) groups is 1. The normalized spacial score (nSPS) is 14.6. The lowest BCUT2D eigenvalue weighted by Gasteiger charge is -2.16. The Morgan fingerprint density at radius 1 is 1.69 bits per heavy atom. The minimum absolute atomic E-state index is 0.154. The number of rotatable bonds is 5. The van der Waals surface area contributed by atoms with Crippen molar-refractivity contribution >= 4 is 11.9 Å². The summed E-state index contributed by atoms with van der Waals surface area (Å²) >= 11 is 0. The zero-order chi connectivity index (χ0) is 10.4. The van der Waals surface area contributed by atoms with Crippen LogP contribution in [0.2, 0.25) is 0 Å². The van der Waals surface area contributed by atoms with Gasteiger partial charge in [-0.1, -0.05) is 0 Å². The molecule has 0 radical (unpaired) electrons. The van der Waals surface area contributed by atoms with E-state index in [1.807, 2.05) is 0 Å². The monoisotopic (exact) mass is 189 g/mol. The Labute approximate surface area is 76.6 Å². The molecule has 13 heavy (non-hydrogen) atoms. The molecule has 0 aliphatic rings. The summed E-state index contributed by atoms with van der Waals surface area (Å²) in [5, 5.41) is 17.9. The van der Waals surface area contributed by atoms with Gasteiger partial charge >= 0.3 is 5.97 Å². The molecule has 0 aromatic rings. The zero-order valence-electron chi connectivity index (χ0n) is 7.70. The Hall–Kier alpha value is -1.30. The topological polar surface area (TPSA) is 108 Å². The molecular formula is C7H15N3O3. The highest BCUT2D eigenvalue weighted by Crippen LogP contribution is 1.96. The smallest absolute Gasteiger partial charge is 0.332 e. The van der Waals surface area contributed by atoms with Gasteiger partial charge in [-0.05, 0) is 13.8 Å². The molecule has 5 N–H and O–H groups in total. The molecular weight excluding hydrogens is 174 g/mol. The summed E-state index contributed by atoms with van der Waals surface area (Å²) in [5.41, 5.74) is 5.03. The van der Waals surface area contributed by atoms with Gasteiger partial charge in [0, 0.05) is 6.54 Å². The number of aliphatic carboxylic acids is 1. The third-order valence-electron chi connectivity index (χ3n) is 1.36. The summed E-state index contributed by atoms with van der Waals surface area (Å²) in [6.07, 6.45) is -1.14. The molecule has 76 valence electrons. The number of nitrogens with two attached hydrogens (primary N) is 1. The average Bonchev–Trinajstić information content (AvgIpc) is 2.00. The molecule has 0 fully saturated rings. The lowest BCUT2D eigenvalue weighted by Crippen LogP contribution is -2.38. The van der Waals surface area contributed by atoms with E-state index in [9.17, 15) is 4.79 Å². The Morgan fingerprint density at radius 2 is 2.23 bits per heavy atom. The maximum atomic E-state index is 10.4. The van der Waals surface area contributed by atoms with Crippen LogP contribution in [0.15, 0.2) is 0 Å². The molecule has 0 amide bonds. The van der Waals surface area contributed by atoms with Gasteiger partial charge in [0.25, 0.3) is 0 Å². The van der Waals surface area contributed by atoms with E-state index in [-0.39, 0.29) is 12.1 Å². The van der Waals surface area contributed by atoms with Crippen LogP contribution >= 0.6 is 0 Å². The van der Waals surface area contributed by atoms with E-state index in [4.69, 9.17) is 21.0 Å². The van der Waals surface area contributed by atoms with Crippen LogP contribution in [0.1, 0.15) is 13.8 Å². The number of hydrogen-bond acceptors (Lipinski definition) is 3. The first kappa shape index (κ1) is 11.7. The van der Waals surface area contributed by atoms with Gasteiger partial charge in [-0.15, -0.1) is 0 Å². The third-order valence-corrected chi connectivity index (χ3v) is 1.36. The molecule has 2 atom stereocenters. The zero-order valence-corrected chi connectivity index (χ0v) is 7.70. The number of hydrogen-bond donors (Lipinski definition) is 4. The van der Waals surface area contributed by atoms with Gasteiger partial charge in [-0.25, -0.2) is 4.79 Å². The highest BCUT2D eigenvalue weighted by Gasteiger charge is 2.14. The molecule has 0 heterocycles. The molecule has 0 aliphatic heterocycles. The fraction of sp³-hybridized carbons (Fsp3) is 0.714. The van der Waals surface area contributed by atoms with Gasteiger partial charge in [-0.2, -0.15) is 0 Å². The van der Waals surface area contributed by atoms with Crippen molar-refractivity contribution in [3.05, 3.63) is 0 Å². The highest BCUT2D eigenvalue weighted by molar-refractivity contribution is 5.74. The van der Waals surface area contributed by atoms with Crippen LogP contribution in [-0.4, -0.2) is 35.8 Å². The second-order valence-electron chi connectivity index (χ2n) is 2.72. The van der Waals surface area contributed by atoms with Crippen LogP contribution < -0.4 is 11.1 Å². The van der Waals surface area contributed by atoms with Gasteiger partial charge in [-0.3, -0.25) is 5.41 Å². The molecule has 0 rings (SSSR count). The molecule has 2 unspecified atom stereocenters. The molecule has 6 nitrogen and oxygen atoms in total. The lowest BCUT2D eigenvalue weighted by molar-refractivity contribution is -0.151. The van der Waals surface area contributed by atoms with Gasteiger partial charge in [0.05, 0.1) is 6.10 Å². The Morgan fingerprint density at radius 3 is 2.62 bits per heavy atom. The van der Waals surface area contributed by atoms with Crippen molar-refractivity contribution in [2.75, 3.05) is 6.54 Å². The van der Waals surface area contributed by atoms with E-state index in [1.165, 1.54) is 6.92 Å². The molecule has 0 aliphatic carbocycles. The number of carboxylic acids is 1. The van der Waals surface area contributed by atoms with Crippen LogP contribution in [0.5, 0.6) is 0 Å². The Bertz CT molecular complexity index is 195. The molecule has 0 saturated carbocycles. The molecule has 0 bridgehead atoms. The summed E-state index contributed by atoms with van der Waals surface area (Å²) in [6, 6.07) is 0. The predicted molar refractivity (Wildman–Crippen MR) is 47.6 cm³/mol. The maximum absolute atomic E-state index is 10.4. The molecule has 0 aromatic carbocycles. The second kappa shape index (κ2) is 5.36. The standard InChI is InChI=1S/C7H15N3O3/c1-4(3-10-7(8)9)13-5(2)6(11)12/h4-5H,3H2,1-2H3,(H,11,12)(H4,8,9,10). The quantitative estimate of drug-likeness (QED) is 0.339.